The zero-order valence-corrected chi connectivity index (χ0v) is 17.2. The molecule has 1 unspecified atom stereocenters. The summed E-state index contributed by atoms with van der Waals surface area (Å²) in [5.74, 6) is 1.44. The number of piperidine rings is 1. The molecule has 1 aromatic heterocycles. The average Bonchev–Trinajstić information content (AvgIpc) is 2.58. The number of rotatable bonds is 6. The van der Waals surface area contributed by atoms with Gasteiger partial charge in [-0.05, 0) is 53.2 Å². The van der Waals surface area contributed by atoms with Crippen LogP contribution in [0.3, 0.4) is 0 Å². The van der Waals surface area contributed by atoms with Crippen molar-refractivity contribution >= 4 is 23.7 Å². The molecule has 8 heteroatoms. The van der Waals surface area contributed by atoms with Gasteiger partial charge in [-0.2, -0.15) is 4.98 Å². The Labute approximate surface area is 160 Å². The van der Waals surface area contributed by atoms with Gasteiger partial charge in [0.15, 0.2) is 5.16 Å². The highest BCUT2D eigenvalue weighted by Gasteiger charge is 2.26. The van der Waals surface area contributed by atoms with Crippen molar-refractivity contribution in [3.05, 3.63) is 6.07 Å². The second-order valence-corrected chi connectivity index (χ2v) is 7.98. The summed E-state index contributed by atoms with van der Waals surface area (Å²) in [5, 5.41) is 3.58. The minimum Gasteiger partial charge on any atom is -0.478 e. The third-order valence-corrected chi connectivity index (χ3v) is 4.49. The van der Waals surface area contributed by atoms with Gasteiger partial charge < -0.3 is 19.7 Å². The molecule has 0 radical (unpaired) electrons. The van der Waals surface area contributed by atoms with Gasteiger partial charge in [-0.15, -0.1) is 0 Å². The SMILES string of the molecule is CCOc1cc(N2CCCCC2CNC(=O)OC(C)(C)C)nc(SC)n1. The maximum absolute atomic E-state index is 12.0. The number of anilines is 1. The Morgan fingerprint density at radius 1 is 1.38 bits per heavy atom. The van der Waals surface area contributed by atoms with Crippen molar-refractivity contribution in [2.45, 2.75) is 63.8 Å². The highest BCUT2D eigenvalue weighted by atomic mass is 32.2. The zero-order chi connectivity index (χ0) is 19.2. The van der Waals surface area contributed by atoms with Crippen LogP contribution in [0.4, 0.5) is 10.6 Å². The van der Waals surface area contributed by atoms with E-state index in [9.17, 15) is 4.79 Å². The normalized spacial score (nSPS) is 17.7. The number of amides is 1. The molecule has 1 saturated heterocycles. The number of carbonyl (C=O) groups is 1. The molecule has 0 saturated carbocycles. The first-order valence-electron chi connectivity index (χ1n) is 9.11. The summed E-state index contributed by atoms with van der Waals surface area (Å²) < 4.78 is 10.9. The maximum atomic E-state index is 12.0. The summed E-state index contributed by atoms with van der Waals surface area (Å²) >= 11 is 1.49. The van der Waals surface area contributed by atoms with Gasteiger partial charge in [0.2, 0.25) is 5.88 Å². The molecule has 1 N–H and O–H groups in total. The summed E-state index contributed by atoms with van der Waals surface area (Å²) in [5.41, 5.74) is -0.497. The summed E-state index contributed by atoms with van der Waals surface area (Å²) in [4.78, 5) is 23.3. The number of hydrogen-bond donors (Lipinski definition) is 1. The van der Waals surface area contributed by atoms with Crippen LogP contribution < -0.4 is 15.0 Å². The van der Waals surface area contributed by atoms with Crippen LogP contribution in [0.2, 0.25) is 0 Å². The van der Waals surface area contributed by atoms with E-state index in [-0.39, 0.29) is 12.1 Å². The largest absolute Gasteiger partial charge is 0.478 e. The van der Waals surface area contributed by atoms with Crippen LogP contribution in [-0.4, -0.2) is 53.7 Å². The van der Waals surface area contributed by atoms with Crippen LogP contribution in [0.5, 0.6) is 5.88 Å². The smallest absolute Gasteiger partial charge is 0.407 e. The lowest BCUT2D eigenvalue weighted by Gasteiger charge is -2.37. The first-order chi connectivity index (χ1) is 12.3. The Balaban J connectivity index is 2.10. The second kappa shape index (κ2) is 9.30. The Morgan fingerprint density at radius 3 is 2.81 bits per heavy atom. The molecule has 1 aliphatic heterocycles. The molecule has 26 heavy (non-hydrogen) atoms. The van der Waals surface area contributed by atoms with Gasteiger partial charge in [0.25, 0.3) is 0 Å². The number of alkyl carbamates (subject to hydrolysis) is 1. The Bertz CT molecular complexity index is 607. The molecule has 0 spiro atoms. The van der Waals surface area contributed by atoms with Gasteiger partial charge >= 0.3 is 6.09 Å². The number of carbonyl (C=O) groups excluding carboxylic acids is 1. The fourth-order valence-electron chi connectivity index (χ4n) is 2.88. The number of ether oxygens (including phenoxy) is 2. The zero-order valence-electron chi connectivity index (χ0n) is 16.4. The van der Waals surface area contributed by atoms with Crippen molar-refractivity contribution in [1.82, 2.24) is 15.3 Å². The van der Waals surface area contributed by atoms with Gasteiger partial charge in [-0.3, -0.25) is 0 Å². The molecule has 1 aromatic rings. The van der Waals surface area contributed by atoms with E-state index in [0.717, 1.165) is 31.6 Å². The minimum absolute atomic E-state index is 0.176. The van der Waals surface area contributed by atoms with E-state index in [4.69, 9.17) is 9.47 Å². The summed E-state index contributed by atoms with van der Waals surface area (Å²) in [6, 6.07) is 2.06. The Morgan fingerprint density at radius 2 is 2.15 bits per heavy atom. The first kappa shape index (κ1) is 20.6. The first-order valence-corrected chi connectivity index (χ1v) is 10.3. The number of hydrogen-bond acceptors (Lipinski definition) is 7. The molecule has 7 nitrogen and oxygen atoms in total. The lowest BCUT2D eigenvalue weighted by atomic mass is 10.0. The van der Waals surface area contributed by atoms with E-state index in [1.807, 2.05) is 40.0 Å². The van der Waals surface area contributed by atoms with Crippen molar-refractivity contribution in [2.24, 2.45) is 0 Å². The molecule has 0 aromatic carbocycles. The predicted molar refractivity (Wildman–Crippen MR) is 104 cm³/mol. The lowest BCUT2D eigenvalue weighted by molar-refractivity contribution is 0.0522. The number of nitrogens with one attached hydrogen (secondary N) is 1. The van der Waals surface area contributed by atoms with Crippen LogP contribution in [0.25, 0.3) is 0 Å². The molecular weight excluding hydrogens is 352 g/mol. The molecule has 0 bridgehead atoms. The van der Waals surface area contributed by atoms with Gasteiger partial charge in [-0.25, -0.2) is 9.78 Å². The highest BCUT2D eigenvalue weighted by Crippen LogP contribution is 2.27. The maximum Gasteiger partial charge on any atom is 0.407 e. The predicted octanol–water partition coefficient (Wildman–Crippen LogP) is 3.48. The number of nitrogens with zero attached hydrogens (tertiary/aromatic N) is 3. The van der Waals surface area contributed by atoms with Crippen molar-refractivity contribution in [1.29, 1.82) is 0 Å². The molecule has 1 aliphatic rings. The van der Waals surface area contributed by atoms with E-state index >= 15 is 0 Å². The van der Waals surface area contributed by atoms with E-state index in [1.54, 1.807) is 0 Å². The van der Waals surface area contributed by atoms with Crippen LogP contribution in [0, 0.1) is 0 Å². The molecule has 1 atom stereocenters. The van der Waals surface area contributed by atoms with Crippen molar-refractivity contribution < 1.29 is 14.3 Å². The lowest BCUT2D eigenvalue weighted by Crippen LogP contribution is -2.48. The van der Waals surface area contributed by atoms with Crippen molar-refractivity contribution in [2.75, 3.05) is 30.9 Å². The van der Waals surface area contributed by atoms with Gasteiger partial charge in [-0.1, -0.05) is 11.8 Å². The third-order valence-electron chi connectivity index (χ3n) is 3.95. The minimum atomic E-state index is -0.497. The molecule has 2 rings (SSSR count). The van der Waals surface area contributed by atoms with E-state index in [2.05, 4.69) is 20.2 Å². The summed E-state index contributed by atoms with van der Waals surface area (Å²) in [6.45, 7) is 9.51. The third kappa shape index (κ3) is 6.23. The van der Waals surface area contributed by atoms with Crippen molar-refractivity contribution in [3.8, 4) is 5.88 Å². The van der Waals surface area contributed by atoms with Crippen molar-refractivity contribution in [3.63, 3.8) is 0 Å². The Kier molecular flexibility index (Phi) is 7.37. The molecule has 146 valence electrons. The quantitative estimate of drug-likeness (QED) is 0.596. The van der Waals surface area contributed by atoms with E-state index in [0.29, 0.717) is 24.2 Å². The monoisotopic (exact) mass is 382 g/mol. The van der Waals surface area contributed by atoms with Gasteiger partial charge in [0.1, 0.15) is 11.4 Å². The second-order valence-electron chi connectivity index (χ2n) is 7.21. The molecular formula is C18H30N4O3S. The fraction of sp³-hybridized carbons (Fsp3) is 0.722. The average molecular weight is 383 g/mol. The van der Waals surface area contributed by atoms with E-state index in [1.165, 1.54) is 11.8 Å². The van der Waals surface area contributed by atoms with Gasteiger partial charge in [0.05, 0.1) is 6.61 Å². The molecule has 0 aliphatic carbocycles. The number of thioether (sulfide) groups is 1. The van der Waals surface area contributed by atoms with Gasteiger partial charge in [0, 0.05) is 25.2 Å². The van der Waals surface area contributed by atoms with E-state index < -0.39 is 5.60 Å². The topological polar surface area (TPSA) is 76.6 Å². The standard InChI is InChI=1S/C18H30N4O3S/c1-6-24-15-11-14(20-16(21-15)26-5)22-10-8-7-9-13(22)12-19-17(23)25-18(2,3)4/h11,13H,6-10,12H2,1-5H3,(H,19,23). The summed E-state index contributed by atoms with van der Waals surface area (Å²) in [7, 11) is 0. The fourth-order valence-corrected chi connectivity index (χ4v) is 3.25. The van der Waals surface area contributed by atoms with Crippen LogP contribution in [0.15, 0.2) is 11.2 Å². The van der Waals surface area contributed by atoms with Crippen LogP contribution in [-0.2, 0) is 4.74 Å². The van der Waals surface area contributed by atoms with Crippen LogP contribution in [0.1, 0.15) is 47.0 Å². The van der Waals surface area contributed by atoms with Crippen LogP contribution >= 0.6 is 11.8 Å². The number of aromatic nitrogens is 2. The summed E-state index contributed by atoms with van der Waals surface area (Å²) in [6.07, 6.45) is 4.80. The molecule has 2 heterocycles. The molecule has 1 fully saturated rings. The Hall–Kier alpha value is -1.70. The highest BCUT2D eigenvalue weighted by molar-refractivity contribution is 7.98. The molecule has 1 amide bonds.